The van der Waals surface area contributed by atoms with Crippen LogP contribution in [-0.2, 0) is 6.54 Å². The summed E-state index contributed by atoms with van der Waals surface area (Å²) in [5.74, 6) is 0. The molecular formula is C19H23ClN3O+. The van der Waals surface area contributed by atoms with Gasteiger partial charge in [-0.05, 0) is 18.2 Å². The monoisotopic (exact) mass is 344 g/mol. The molecule has 4 nitrogen and oxygen atoms in total. The molecule has 2 amide bonds. The zero-order valence-corrected chi connectivity index (χ0v) is 14.4. The van der Waals surface area contributed by atoms with Crippen LogP contribution in [-0.4, -0.2) is 25.2 Å². The molecule has 1 heterocycles. The first-order valence-corrected chi connectivity index (χ1v) is 8.77. The van der Waals surface area contributed by atoms with Crippen molar-refractivity contribution < 1.29 is 9.69 Å². The standard InChI is InChI=1S/C19H22ClN3O/c20-16-7-4-8-18(13-16)22-19(24)21-17-9-11-23(12-10-17)14-15-5-2-1-3-6-15/h1-8,13,17H,9-12,14H2,(H2,21,22,24)/p+1. The van der Waals surface area contributed by atoms with Gasteiger partial charge >= 0.3 is 6.03 Å². The number of rotatable bonds is 4. The number of nitrogens with one attached hydrogen (secondary N) is 3. The van der Waals surface area contributed by atoms with Gasteiger partial charge in [0, 0.05) is 35.2 Å². The lowest BCUT2D eigenvalue weighted by Crippen LogP contribution is -3.12. The summed E-state index contributed by atoms with van der Waals surface area (Å²) in [6.45, 7) is 3.22. The van der Waals surface area contributed by atoms with Crippen LogP contribution in [0.5, 0.6) is 0 Å². The highest BCUT2D eigenvalue weighted by atomic mass is 35.5. The van der Waals surface area contributed by atoms with E-state index in [0.717, 1.165) is 32.5 Å². The molecule has 0 unspecified atom stereocenters. The molecule has 2 aromatic rings. The molecule has 0 aliphatic carbocycles. The Morgan fingerprint density at radius 2 is 1.83 bits per heavy atom. The summed E-state index contributed by atoms with van der Waals surface area (Å²) in [5, 5.41) is 6.52. The number of urea groups is 1. The lowest BCUT2D eigenvalue weighted by molar-refractivity contribution is -0.918. The molecule has 126 valence electrons. The predicted octanol–water partition coefficient (Wildman–Crippen LogP) is 2.71. The van der Waals surface area contributed by atoms with E-state index in [1.807, 2.05) is 18.2 Å². The number of quaternary nitrogens is 1. The second-order valence-electron chi connectivity index (χ2n) is 6.30. The Kier molecular flexibility index (Phi) is 5.72. The maximum Gasteiger partial charge on any atom is 0.319 e. The predicted molar refractivity (Wildman–Crippen MR) is 97.5 cm³/mol. The number of hydrogen-bond acceptors (Lipinski definition) is 1. The number of carbonyl (C=O) groups excluding carboxylic acids is 1. The second-order valence-corrected chi connectivity index (χ2v) is 6.73. The van der Waals surface area contributed by atoms with Crippen LogP contribution in [0.3, 0.4) is 0 Å². The Morgan fingerprint density at radius 1 is 1.08 bits per heavy atom. The molecule has 0 aromatic heterocycles. The number of benzene rings is 2. The van der Waals surface area contributed by atoms with Gasteiger partial charge < -0.3 is 15.5 Å². The number of piperidine rings is 1. The minimum Gasteiger partial charge on any atom is -0.335 e. The quantitative estimate of drug-likeness (QED) is 0.784. The largest absolute Gasteiger partial charge is 0.335 e. The van der Waals surface area contributed by atoms with E-state index in [1.165, 1.54) is 5.56 Å². The van der Waals surface area contributed by atoms with Crippen molar-refractivity contribution in [2.75, 3.05) is 18.4 Å². The Hall–Kier alpha value is -2.04. The number of anilines is 1. The number of amides is 2. The van der Waals surface area contributed by atoms with E-state index in [9.17, 15) is 4.79 Å². The van der Waals surface area contributed by atoms with E-state index >= 15 is 0 Å². The van der Waals surface area contributed by atoms with Crippen molar-refractivity contribution in [3.63, 3.8) is 0 Å². The van der Waals surface area contributed by atoms with Gasteiger partial charge in [-0.15, -0.1) is 0 Å². The topological polar surface area (TPSA) is 45.6 Å². The average molecular weight is 345 g/mol. The third-order valence-corrected chi connectivity index (χ3v) is 4.64. The maximum absolute atomic E-state index is 12.1. The lowest BCUT2D eigenvalue weighted by atomic mass is 10.0. The smallest absolute Gasteiger partial charge is 0.319 e. The molecule has 0 bridgehead atoms. The summed E-state index contributed by atoms with van der Waals surface area (Å²) in [5.41, 5.74) is 2.09. The molecule has 0 spiro atoms. The van der Waals surface area contributed by atoms with Crippen molar-refractivity contribution in [3.8, 4) is 0 Å². The zero-order valence-electron chi connectivity index (χ0n) is 13.6. The highest BCUT2D eigenvalue weighted by molar-refractivity contribution is 6.30. The highest BCUT2D eigenvalue weighted by Gasteiger charge is 2.23. The van der Waals surface area contributed by atoms with Crippen molar-refractivity contribution >= 4 is 23.3 Å². The molecule has 3 rings (SSSR count). The summed E-state index contributed by atoms with van der Waals surface area (Å²) in [6.07, 6.45) is 2.01. The van der Waals surface area contributed by atoms with Gasteiger partial charge in [-0.3, -0.25) is 0 Å². The molecule has 0 radical (unpaired) electrons. The van der Waals surface area contributed by atoms with Crippen LogP contribution >= 0.6 is 11.6 Å². The minimum atomic E-state index is -0.159. The van der Waals surface area contributed by atoms with E-state index in [0.29, 0.717) is 10.7 Å². The van der Waals surface area contributed by atoms with E-state index in [4.69, 9.17) is 11.6 Å². The van der Waals surface area contributed by atoms with Crippen LogP contribution in [0.1, 0.15) is 18.4 Å². The summed E-state index contributed by atoms with van der Waals surface area (Å²) in [7, 11) is 0. The second kappa shape index (κ2) is 8.18. The minimum absolute atomic E-state index is 0.159. The van der Waals surface area contributed by atoms with Crippen LogP contribution in [0.4, 0.5) is 10.5 Å². The van der Waals surface area contributed by atoms with E-state index in [2.05, 4.69) is 34.9 Å². The van der Waals surface area contributed by atoms with Crippen LogP contribution in [0, 0.1) is 0 Å². The van der Waals surface area contributed by atoms with Crippen LogP contribution < -0.4 is 15.5 Å². The average Bonchev–Trinajstić information content (AvgIpc) is 2.57. The van der Waals surface area contributed by atoms with Crippen molar-refractivity contribution in [3.05, 3.63) is 65.2 Å². The van der Waals surface area contributed by atoms with E-state index < -0.39 is 0 Å². The van der Waals surface area contributed by atoms with Crippen molar-refractivity contribution in [2.45, 2.75) is 25.4 Å². The van der Waals surface area contributed by atoms with Crippen LogP contribution in [0.25, 0.3) is 0 Å². The summed E-state index contributed by atoms with van der Waals surface area (Å²) < 4.78 is 0. The first-order valence-electron chi connectivity index (χ1n) is 8.39. The van der Waals surface area contributed by atoms with Gasteiger partial charge in [0.05, 0.1) is 13.1 Å². The first-order chi connectivity index (χ1) is 11.7. The molecule has 0 saturated carbocycles. The van der Waals surface area contributed by atoms with Gasteiger partial charge in [0.15, 0.2) is 0 Å². The molecular weight excluding hydrogens is 322 g/mol. The number of likely N-dealkylation sites (tertiary alicyclic amines) is 1. The molecule has 0 atom stereocenters. The zero-order chi connectivity index (χ0) is 16.8. The first kappa shape index (κ1) is 16.8. The Labute approximate surface area is 147 Å². The molecule has 24 heavy (non-hydrogen) atoms. The van der Waals surface area contributed by atoms with Crippen LogP contribution in [0.2, 0.25) is 5.02 Å². The van der Waals surface area contributed by atoms with Crippen molar-refractivity contribution in [1.29, 1.82) is 0 Å². The number of carbonyl (C=O) groups is 1. The number of hydrogen-bond donors (Lipinski definition) is 3. The van der Waals surface area contributed by atoms with Gasteiger partial charge in [-0.25, -0.2) is 4.79 Å². The van der Waals surface area contributed by atoms with Crippen molar-refractivity contribution in [1.82, 2.24) is 5.32 Å². The summed E-state index contributed by atoms with van der Waals surface area (Å²) >= 11 is 5.93. The summed E-state index contributed by atoms with van der Waals surface area (Å²) in [6, 6.07) is 17.8. The molecule has 1 aliphatic rings. The molecule has 2 aromatic carbocycles. The SMILES string of the molecule is O=C(Nc1cccc(Cl)c1)NC1CC[NH+](Cc2ccccc2)CC1. The fourth-order valence-corrected chi connectivity index (χ4v) is 3.34. The summed E-state index contributed by atoms with van der Waals surface area (Å²) in [4.78, 5) is 13.7. The molecule has 1 saturated heterocycles. The molecule has 3 N–H and O–H groups in total. The molecule has 5 heteroatoms. The highest BCUT2D eigenvalue weighted by Crippen LogP contribution is 2.14. The normalized spacial score (nSPS) is 20.4. The van der Waals surface area contributed by atoms with Gasteiger partial charge in [-0.2, -0.15) is 0 Å². The third-order valence-electron chi connectivity index (χ3n) is 4.41. The van der Waals surface area contributed by atoms with Crippen molar-refractivity contribution in [2.24, 2.45) is 0 Å². The van der Waals surface area contributed by atoms with Gasteiger partial charge in [-0.1, -0.05) is 48.0 Å². The van der Waals surface area contributed by atoms with Gasteiger partial charge in [0.25, 0.3) is 0 Å². The maximum atomic E-state index is 12.1. The van der Waals surface area contributed by atoms with Gasteiger partial charge in [0.1, 0.15) is 6.54 Å². The molecule has 1 aliphatic heterocycles. The Balaban J connectivity index is 1.42. The van der Waals surface area contributed by atoms with Gasteiger partial charge in [0.2, 0.25) is 0 Å². The fraction of sp³-hybridized carbons (Fsp3) is 0.316. The Bertz CT molecular complexity index is 669. The lowest BCUT2D eigenvalue weighted by Gasteiger charge is -2.29. The fourth-order valence-electron chi connectivity index (χ4n) is 3.15. The number of halogens is 1. The Morgan fingerprint density at radius 3 is 2.54 bits per heavy atom. The van der Waals surface area contributed by atoms with E-state index in [1.54, 1.807) is 17.0 Å². The van der Waals surface area contributed by atoms with Crippen LogP contribution in [0.15, 0.2) is 54.6 Å². The molecule has 1 fully saturated rings. The van der Waals surface area contributed by atoms with E-state index in [-0.39, 0.29) is 12.1 Å². The third kappa shape index (κ3) is 4.98.